The lowest BCUT2D eigenvalue weighted by Crippen LogP contribution is -2.38. The van der Waals surface area contributed by atoms with Crippen LogP contribution in [0, 0.1) is 0 Å². The number of hydrogen-bond acceptors (Lipinski definition) is 7. The summed E-state index contributed by atoms with van der Waals surface area (Å²) < 4.78 is 28.7. The average Bonchev–Trinajstić information content (AvgIpc) is 2.25. The van der Waals surface area contributed by atoms with E-state index in [1.54, 1.807) is 19.1 Å². The highest BCUT2D eigenvalue weighted by Gasteiger charge is 2.40. The largest absolute Gasteiger partial charge is 0.383 e. The van der Waals surface area contributed by atoms with Crippen LogP contribution in [0.5, 0.6) is 5.88 Å². The molecule has 0 aliphatic heterocycles. The molecule has 8 heteroatoms. The number of rotatable bonds is 3. The van der Waals surface area contributed by atoms with Gasteiger partial charge in [0.05, 0.1) is 0 Å². The van der Waals surface area contributed by atoms with Crippen LogP contribution in [0.4, 0.5) is 11.8 Å². The van der Waals surface area contributed by atoms with Crippen LogP contribution in [-0.4, -0.2) is 23.1 Å². The maximum atomic E-state index is 12.4. The van der Waals surface area contributed by atoms with Crippen molar-refractivity contribution >= 4 is 21.9 Å². The molecule has 2 rings (SSSR count). The molecule has 0 saturated heterocycles. The van der Waals surface area contributed by atoms with Crippen molar-refractivity contribution in [1.29, 1.82) is 0 Å². The first kappa shape index (κ1) is 14.3. The zero-order chi connectivity index (χ0) is 15.0. The van der Waals surface area contributed by atoms with E-state index in [-0.39, 0.29) is 17.6 Å². The summed E-state index contributed by atoms with van der Waals surface area (Å²) >= 11 is 0. The molecule has 0 amide bonds. The zero-order valence-corrected chi connectivity index (χ0v) is 12.0. The van der Waals surface area contributed by atoms with Crippen molar-refractivity contribution in [1.82, 2.24) is 9.97 Å². The Balaban J connectivity index is 2.32. The summed E-state index contributed by atoms with van der Waals surface area (Å²) in [4.78, 5) is 7.36. The van der Waals surface area contributed by atoms with Crippen molar-refractivity contribution in [2.75, 3.05) is 11.5 Å². The Morgan fingerprint density at radius 1 is 1.35 bits per heavy atom. The van der Waals surface area contributed by atoms with Gasteiger partial charge in [0, 0.05) is 6.07 Å². The second kappa shape index (κ2) is 4.78. The third-order valence-corrected chi connectivity index (χ3v) is 4.78. The molecule has 1 aromatic rings. The van der Waals surface area contributed by atoms with E-state index >= 15 is 0 Å². The van der Waals surface area contributed by atoms with E-state index in [1.165, 1.54) is 6.07 Å². The van der Waals surface area contributed by atoms with Crippen LogP contribution < -0.4 is 15.7 Å². The van der Waals surface area contributed by atoms with Crippen LogP contribution in [0.1, 0.15) is 20.3 Å². The second-order valence-electron chi connectivity index (χ2n) is 4.89. The van der Waals surface area contributed by atoms with Gasteiger partial charge in [0.1, 0.15) is 10.6 Å². The molecule has 0 fully saturated rings. The first-order chi connectivity index (χ1) is 9.22. The fourth-order valence-corrected chi connectivity index (χ4v) is 3.12. The zero-order valence-electron chi connectivity index (χ0n) is 11.2. The van der Waals surface area contributed by atoms with Gasteiger partial charge in [-0.15, -0.1) is 0 Å². The average molecular weight is 296 g/mol. The fraction of sp³-hybridized carbons (Fsp3) is 0.333. The van der Waals surface area contributed by atoms with Gasteiger partial charge in [-0.3, -0.25) is 0 Å². The number of nitrogens with zero attached hydrogens (tertiary/aromatic N) is 2. The minimum Gasteiger partial charge on any atom is -0.383 e. The molecule has 1 atom stereocenters. The number of anilines is 2. The predicted molar refractivity (Wildman–Crippen MR) is 76.3 cm³/mol. The Morgan fingerprint density at radius 3 is 2.65 bits per heavy atom. The molecule has 0 radical (unpaired) electrons. The lowest BCUT2D eigenvalue weighted by Gasteiger charge is -2.27. The molecule has 0 aromatic carbocycles. The van der Waals surface area contributed by atoms with E-state index in [2.05, 4.69) is 9.97 Å². The van der Waals surface area contributed by atoms with E-state index < -0.39 is 14.9 Å². The van der Waals surface area contributed by atoms with E-state index in [4.69, 9.17) is 15.7 Å². The van der Waals surface area contributed by atoms with Crippen molar-refractivity contribution in [2.45, 2.75) is 25.0 Å². The lowest BCUT2D eigenvalue weighted by molar-refractivity contribution is 0.446. The van der Waals surface area contributed by atoms with E-state index in [0.29, 0.717) is 6.42 Å². The van der Waals surface area contributed by atoms with Gasteiger partial charge in [0.2, 0.25) is 11.8 Å². The predicted octanol–water partition coefficient (Wildman–Crippen LogP) is 1.01. The maximum absolute atomic E-state index is 12.4. The summed E-state index contributed by atoms with van der Waals surface area (Å²) in [6.07, 6.45) is 5.49. The molecule has 0 bridgehead atoms. The van der Waals surface area contributed by atoms with Crippen molar-refractivity contribution in [2.24, 2.45) is 0 Å². The highest BCUT2D eigenvalue weighted by atomic mass is 32.2. The number of allylic oxidation sites excluding steroid dienone is 3. The number of nitrogens with two attached hydrogens (primary N) is 2. The Morgan fingerprint density at radius 2 is 2.05 bits per heavy atom. The van der Waals surface area contributed by atoms with Gasteiger partial charge < -0.3 is 15.7 Å². The second-order valence-corrected chi connectivity index (χ2v) is 6.90. The highest BCUT2D eigenvalue weighted by molar-refractivity contribution is 7.88. The van der Waals surface area contributed by atoms with Gasteiger partial charge in [0.15, 0.2) is 0 Å². The van der Waals surface area contributed by atoms with Gasteiger partial charge in [-0.05, 0) is 20.3 Å². The number of nitrogen functional groups attached to an aromatic ring is 2. The molecule has 0 spiro atoms. The topological polar surface area (TPSA) is 121 Å². The van der Waals surface area contributed by atoms with Gasteiger partial charge in [0.25, 0.3) is 0 Å². The van der Waals surface area contributed by atoms with Gasteiger partial charge in [-0.25, -0.2) is 0 Å². The standard InChI is InChI=1S/C12H16N4O3S/c1-8-4-3-5-12(2,7-8)20(17,18)19-10-6-9(13)15-11(14)16-10/h3-6H,7H2,1-2H3,(H4,13,14,15,16). The first-order valence-corrected chi connectivity index (χ1v) is 7.32. The van der Waals surface area contributed by atoms with Crippen LogP contribution >= 0.6 is 0 Å². The first-order valence-electron chi connectivity index (χ1n) is 5.91. The van der Waals surface area contributed by atoms with Gasteiger partial charge in [-0.1, -0.05) is 23.8 Å². The molecule has 1 aliphatic carbocycles. The molecule has 7 nitrogen and oxygen atoms in total. The smallest absolute Gasteiger partial charge is 0.320 e. The Bertz CT molecular complexity index is 676. The summed E-state index contributed by atoms with van der Waals surface area (Å²) in [5.41, 5.74) is 11.8. The molecule has 1 aliphatic rings. The van der Waals surface area contributed by atoms with E-state index in [0.717, 1.165) is 5.57 Å². The normalized spacial score (nSPS) is 22.4. The van der Waals surface area contributed by atoms with Crippen LogP contribution in [0.2, 0.25) is 0 Å². The van der Waals surface area contributed by atoms with Crippen LogP contribution in [0.3, 0.4) is 0 Å². The SMILES string of the molecule is CC1=CC=CC(C)(S(=O)(=O)Oc2cc(N)nc(N)n2)C1. The molecule has 0 saturated carbocycles. The van der Waals surface area contributed by atoms with Crippen LogP contribution in [-0.2, 0) is 10.1 Å². The minimum atomic E-state index is -3.93. The van der Waals surface area contributed by atoms with Crippen molar-refractivity contribution < 1.29 is 12.6 Å². The van der Waals surface area contributed by atoms with Gasteiger partial charge in [-0.2, -0.15) is 18.4 Å². The maximum Gasteiger partial charge on any atom is 0.320 e. The summed E-state index contributed by atoms with van der Waals surface area (Å²) in [6.45, 7) is 3.45. The van der Waals surface area contributed by atoms with Crippen LogP contribution in [0.25, 0.3) is 0 Å². The van der Waals surface area contributed by atoms with E-state index in [9.17, 15) is 8.42 Å². The Kier molecular flexibility index (Phi) is 3.43. The molecule has 1 aromatic heterocycles. The molecule has 1 heterocycles. The van der Waals surface area contributed by atoms with E-state index in [1.807, 2.05) is 13.0 Å². The quantitative estimate of drug-likeness (QED) is 0.798. The molecule has 4 N–H and O–H groups in total. The lowest BCUT2D eigenvalue weighted by atomic mass is 9.96. The van der Waals surface area contributed by atoms with Crippen molar-refractivity contribution in [3.8, 4) is 5.88 Å². The Labute approximate surface area is 117 Å². The summed E-state index contributed by atoms with van der Waals surface area (Å²) in [5, 5.41) is 0. The Hall–Kier alpha value is -2.09. The number of aromatic nitrogens is 2. The number of hydrogen-bond donors (Lipinski definition) is 2. The molecular formula is C12H16N4O3S. The third-order valence-electron chi connectivity index (χ3n) is 2.97. The molecule has 108 valence electrons. The van der Waals surface area contributed by atoms with Crippen LogP contribution in [0.15, 0.2) is 29.9 Å². The summed E-state index contributed by atoms with van der Waals surface area (Å²) in [6, 6.07) is 1.21. The highest BCUT2D eigenvalue weighted by Crippen LogP contribution is 2.32. The summed E-state index contributed by atoms with van der Waals surface area (Å²) in [5.74, 6) is -0.282. The molecule has 1 unspecified atom stereocenters. The fourth-order valence-electron chi connectivity index (χ4n) is 1.97. The summed E-state index contributed by atoms with van der Waals surface area (Å²) in [7, 11) is -3.93. The van der Waals surface area contributed by atoms with Crippen molar-refractivity contribution in [3.63, 3.8) is 0 Å². The molecule has 20 heavy (non-hydrogen) atoms. The third kappa shape index (κ3) is 2.74. The van der Waals surface area contributed by atoms with Crippen molar-refractivity contribution in [3.05, 3.63) is 29.9 Å². The molecular weight excluding hydrogens is 280 g/mol. The van der Waals surface area contributed by atoms with Gasteiger partial charge >= 0.3 is 10.1 Å². The monoisotopic (exact) mass is 296 g/mol. The minimum absolute atomic E-state index is 0.0446.